The van der Waals surface area contributed by atoms with Crippen LogP contribution in [0.2, 0.25) is 0 Å². The first-order chi connectivity index (χ1) is 4.63. The Bertz CT molecular complexity index is 96.9. The van der Waals surface area contributed by atoms with Gasteiger partial charge in [0.15, 0.2) is 0 Å². The van der Waals surface area contributed by atoms with Gasteiger partial charge in [0.1, 0.15) is 6.29 Å². The lowest BCUT2D eigenvalue weighted by Crippen LogP contribution is -2.18. The van der Waals surface area contributed by atoms with Gasteiger partial charge < -0.3 is 4.79 Å². The van der Waals surface area contributed by atoms with E-state index in [-0.39, 0.29) is 5.92 Å². The summed E-state index contributed by atoms with van der Waals surface area (Å²) in [6.07, 6.45) is 2.19. The van der Waals surface area contributed by atoms with Crippen molar-refractivity contribution in [2.75, 3.05) is 0 Å². The van der Waals surface area contributed by atoms with E-state index in [1.807, 2.05) is 0 Å². The minimum Gasteiger partial charge on any atom is -0.303 e. The van der Waals surface area contributed by atoms with Crippen molar-refractivity contribution in [3.63, 3.8) is 0 Å². The topological polar surface area (TPSA) is 17.1 Å². The molecule has 0 saturated carbocycles. The third-order valence-corrected chi connectivity index (χ3v) is 2.23. The number of carbonyl (C=O) groups is 1. The zero-order chi connectivity index (χ0) is 8.15. The van der Waals surface area contributed by atoms with Crippen molar-refractivity contribution >= 4 is 6.29 Å². The van der Waals surface area contributed by atoms with Crippen molar-refractivity contribution in [3.05, 3.63) is 0 Å². The average Bonchev–Trinajstić information content (AvgIpc) is 1.88. The molecule has 0 aromatic carbocycles. The van der Waals surface area contributed by atoms with E-state index in [1.165, 1.54) is 0 Å². The lowest BCUT2D eigenvalue weighted by atomic mass is 9.84. The fourth-order valence-electron chi connectivity index (χ4n) is 1.22. The van der Waals surface area contributed by atoms with E-state index in [4.69, 9.17) is 0 Å². The van der Waals surface area contributed by atoms with E-state index >= 15 is 0 Å². The Kier molecular flexibility index (Phi) is 4.33. The van der Waals surface area contributed by atoms with Crippen molar-refractivity contribution in [2.45, 2.75) is 34.1 Å². The van der Waals surface area contributed by atoms with Gasteiger partial charge in [-0.1, -0.05) is 34.1 Å². The monoisotopic (exact) mass is 142 g/mol. The highest BCUT2D eigenvalue weighted by molar-refractivity contribution is 5.54. The predicted octanol–water partition coefficient (Wildman–Crippen LogP) is 2.50. The van der Waals surface area contributed by atoms with Crippen LogP contribution >= 0.6 is 0 Å². The van der Waals surface area contributed by atoms with Crippen LogP contribution in [0.25, 0.3) is 0 Å². The summed E-state index contributed by atoms with van der Waals surface area (Å²) in [4.78, 5) is 10.5. The van der Waals surface area contributed by atoms with Crippen molar-refractivity contribution in [1.29, 1.82) is 0 Å². The van der Waals surface area contributed by atoms with Crippen LogP contribution in [0.3, 0.4) is 0 Å². The van der Waals surface area contributed by atoms with Crippen molar-refractivity contribution in [2.24, 2.45) is 17.8 Å². The average molecular weight is 142 g/mol. The molecule has 0 amide bonds. The van der Waals surface area contributed by atoms with Gasteiger partial charge in [-0.05, 0) is 11.8 Å². The molecule has 10 heavy (non-hydrogen) atoms. The maximum absolute atomic E-state index is 10.5. The second-order valence-electron chi connectivity index (χ2n) is 3.34. The summed E-state index contributed by atoms with van der Waals surface area (Å²) in [7, 11) is 0. The van der Waals surface area contributed by atoms with Crippen LogP contribution in [0.15, 0.2) is 0 Å². The standard InChI is InChI=1S/C9H18O/c1-5-8(4)9(6-10)7(2)3/h6-9H,5H2,1-4H3/t8?,9-/m1/s1. The molecule has 0 aromatic rings. The van der Waals surface area contributed by atoms with Gasteiger partial charge >= 0.3 is 0 Å². The third kappa shape index (κ3) is 2.51. The van der Waals surface area contributed by atoms with E-state index in [0.29, 0.717) is 11.8 Å². The highest BCUT2D eigenvalue weighted by Gasteiger charge is 2.17. The Hall–Kier alpha value is -0.330. The zero-order valence-corrected chi connectivity index (χ0v) is 7.42. The van der Waals surface area contributed by atoms with Crippen molar-refractivity contribution in [1.82, 2.24) is 0 Å². The van der Waals surface area contributed by atoms with Gasteiger partial charge in [0.2, 0.25) is 0 Å². The number of hydrogen-bond donors (Lipinski definition) is 0. The summed E-state index contributed by atoms with van der Waals surface area (Å²) in [6.45, 7) is 8.47. The smallest absolute Gasteiger partial charge is 0.123 e. The number of hydrogen-bond acceptors (Lipinski definition) is 1. The molecule has 2 atom stereocenters. The fourth-order valence-corrected chi connectivity index (χ4v) is 1.22. The maximum Gasteiger partial charge on any atom is 0.123 e. The molecule has 0 spiro atoms. The summed E-state index contributed by atoms with van der Waals surface area (Å²) in [5, 5.41) is 0. The van der Waals surface area contributed by atoms with Gasteiger partial charge in [0.25, 0.3) is 0 Å². The maximum atomic E-state index is 10.5. The summed E-state index contributed by atoms with van der Waals surface area (Å²) < 4.78 is 0. The Morgan fingerprint density at radius 3 is 1.90 bits per heavy atom. The van der Waals surface area contributed by atoms with Crippen molar-refractivity contribution in [3.8, 4) is 0 Å². The number of carbonyl (C=O) groups excluding carboxylic acids is 1. The van der Waals surface area contributed by atoms with Crippen LogP contribution in [-0.4, -0.2) is 6.29 Å². The van der Waals surface area contributed by atoms with E-state index in [9.17, 15) is 4.79 Å². The first-order valence-electron chi connectivity index (χ1n) is 4.08. The molecule has 0 aliphatic rings. The van der Waals surface area contributed by atoms with Crippen LogP contribution in [0.1, 0.15) is 34.1 Å². The normalized spacial score (nSPS) is 16.9. The number of aldehydes is 1. The largest absolute Gasteiger partial charge is 0.303 e. The Labute approximate surface area is 63.8 Å². The Morgan fingerprint density at radius 1 is 1.30 bits per heavy atom. The second kappa shape index (κ2) is 4.48. The fraction of sp³-hybridized carbons (Fsp3) is 0.889. The Balaban J connectivity index is 3.92. The number of rotatable bonds is 4. The summed E-state index contributed by atoms with van der Waals surface area (Å²) in [6, 6.07) is 0. The van der Waals surface area contributed by atoms with Gasteiger partial charge in [0.05, 0.1) is 0 Å². The van der Waals surface area contributed by atoms with Crippen LogP contribution in [0.4, 0.5) is 0 Å². The van der Waals surface area contributed by atoms with Gasteiger partial charge in [-0.15, -0.1) is 0 Å². The molecular formula is C9H18O. The van der Waals surface area contributed by atoms with Gasteiger partial charge in [0, 0.05) is 5.92 Å². The molecule has 1 heteroatoms. The molecule has 0 saturated heterocycles. The molecular weight excluding hydrogens is 124 g/mol. The van der Waals surface area contributed by atoms with Gasteiger partial charge in [-0.3, -0.25) is 0 Å². The molecule has 0 radical (unpaired) electrons. The summed E-state index contributed by atoms with van der Waals surface area (Å²) in [5.41, 5.74) is 0. The molecule has 60 valence electrons. The first kappa shape index (κ1) is 9.67. The molecule has 0 fully saturated rings. The minimum absolute atomic E-state index is 0.255. The molecule has 1 unspecified atom stereocenters. The first-order valence-corrected chi connectivity index (χ1v) is 4.08. The van der Waals surface area contributed by atoms with Crippen molar-refractivity contribution < 1.29 is 4.79 Å². The van der Waals surface area contributed by atoms with E-state index < -0.39 is 0 Å². The predicted molar refractivity (Wildman–Crippen MR) is 43.8 cm³/mol. The highest BCUT2D eigenvalue weighted by atomic mass is 16.1. The van der Waals surface area contributed by atoms with Crippen LogP contribution in [0, 0.1) is 17.8 Å². The molecule has 0 heterocycles. The molecule has 0 N–H and O–H groups in total. The lowest BCUT2D eigenvalue weighted by molar-refractivity contribution is -0.113. The minimum atomic E-state index is 0.255. The van der Waals surface area contributed by atoms with Crippen LogP contribution in [0.5, 0.6) is 0 Å². The quantitative estimate of drug-likeness (QED) is 0.551. The Morgan fingerprint density at radius 2 is 1.80 bits per heavy atom. The second-order valence-corrected chi connectivity index (χ2v) is 3.34. The van der Waals surface area contributed by atoms with E-state index in [0.717, 1.165) is 12.7 Å². The SMILES string of the molecule is CCC(C)[C@H](C=O)C(C)C. The molecule has 0 rings (SSSR count). The molecule has 1 nitrogen and oxygen atoms in total. The van der Waals surface area contributed by atoms with Gasteiger partial charge in [-0.25, -0.2) is 0 Å². The van der Waals surface area contributed by atoms with Gasteiger partial charge in [-0.2, -0.15) is 0 Å². The summed E-state index contributed by atoms with van der Waals surface area (Å²) >= 11 is 0. The third-order valence-electron chi connectivity index (χ3n) is 2.23. The van der Waals surface area contributed by atoms with E-state index in [2.05, 4.69) is 27.7 Å². The van der Waals surface area contributed by atoms with Crippen LogP contribution < -0.4 is 0 Å². The molecule has 0 bridgehead atoms. The van der Waals surface area contributed by atoms with E-state index in [1.54, 1.807) is 0 Å². The lowest BCUT2D eigenvalue weighted by Gasteiger charge is -2.20. The molecule has 0 aliphatic carbocycles. The van der Waals surface area contributed by atoms with Crippen LogP contribution in [-0.2, 0) is 4.79 Å². The highest BCUT2D eigenvalue weighted by Crippen LogP contribution is 2.20. The summed E-state index contributed by atoms with van der Waals surface area (Å²) in [5.74, 6) is 1.29. The zero-order valence-electron chi connectivity index (χ0n) is 7.42. The molecule has 0 aromatic heterocycles. The molecule has 0 aliphatic heterocycles.